The van der Waals surface area contributed by atoms with Gasteiger partial charge in [-0.3, -0.25) is 9.69 Å². The minimum atomic E-state index is -4.42. The Bertz CT molecular complexity index is 534. The maximum absolute atomic E-state index is 12.3. The largest absolute Gasteiger partial charge is 0.480 e. The van der Waals surface area contributed by atoms with Gasteiger partial charge in [-0.05, 0) is 19.4 Å². The molecule has 0 aromatic carbocycles. The van der Waals surface area contributed by atoms with Gasteiger partial charge in [0.1, 0.15) is 12.0 Å². The van der Waals surface area contributed by atoms with E-state index in [0.717, 1.165) is 0 Å². The highest BCUT2D eigenvalue weighted by Gasteiger charge is 2.48. The molecule has 0 aliphatic carbocycles. The predicted octanol–water partition coefficient (Wildman–Crippen LogP) is 1.24. The van der Waals surface area contributed by atoms with Crippen LogP contribution in [0, 0.1) is 0 Å². The van der Waals surface area contributed by atoms with Crippen LogP contribution in [0.5, 0.6) is 0 Å². The van der Waals surface area contributed by atoms with Crippen molar-refractivity contribution >= 4 is 5.97 Å². The quantitative estimate of drug-likeness (QED) is 0.842. The van der Waals surface area contributed by atoms with E-state index in [1.165, 1.54) is 7.11 Å². The molecule has 1 aliphatic rings. The van der Waals surface area contributed by atoms with Gasteiger partial charge in [-0.15, -0.1) is 0 Å². The molecular weight excluding hydrogens is 307 g/mol. The van der Waals surface area contributed by atoms with Gasteiger partial charge in [0.15, 0.2) is 5.82 Å². The van der Waals surface area contributed by atoms with Crippen molar-refractivity contribution in [1.82, 2.24) is 15.0 Å². The Labute approximate surface area is 124 Å². The zero-order chi connectivity index (χ0) is 16.4. The number of alkyl halides is 3. The molecule has 2 rings (SSSR count). The smallest absolute Gasteiger partial charge is 0.396 e. The monoisotopic (exact) mass is 323 g/mol. The van der Waals surface area contributed by atoms with Gasteiger partial charge in [-0.25, -0.2) is 0 Å². The second-order valence-corrected chi connectivity index (χ2v) is 5.19. The molecule has 1 aromatic heterocycles. The van der Waals surface area contributed by atoms with Gasteiger partial charge in [0.05, 0.1) is 13.2 Å². The highest BCUT2D eigenvalue weighted by molar-refractivity contribution is 5.79. The van der Waals surface area contributed by atoms with Crippen molar-refractivity contribution in [3.63, 3.8) is 0 Å². The Kier molecular flexibility index (Phi) is 4.71. The number of carboxylic acids is 1. The van der Waals surface area contributed by atoms with E-state index in [4.69, 9.17) is 9.26 Å². The first-order valence-corrected chi connectivity index (χ1v) is 6.62. The van der Waals surface area contributed by atoms with Crippen LogP contribution in [-0.4, -0.2) is 58.1 Å². The molecule has 0 saturated carbocycles. The second-order valence-electron chi connectivity index (χ2n) is 5.19. The molecule has 1 atom stereocenters. The first-order valence-electron chi connectivity index (χ1n) is 6.62. The van der Waals surface area contributed by atoms with E-state index in [2.05, 4.69) is 10.1 Å². The third-order valence-electron chi connectivity index (χ3n) is 3.60. The summed E-state index contributed by atoms with van der Waals surface area (Å²) in [6, 6.07) is 0. The summed E-state index contributed by atoms with van der Waals surface area (Å²) >= 11 is 0. The number of carboxylic acid groups (broad SMARTS) is 1. The minimum Gasteiger partial charge on any atom is -0.480 e. The van der Waals surface area contributed by atoms with E-state index >= 15 is 0 Å². The van der Waals surface area contributed by atoms with E-state index in [0.29, 0.717) is 19.4 Å². The van der Waals surface area contributed by atoms with Gasteiger partial charge >= 0.3 is 12.1 Å². The van der Waals surface area contributed by atoms with Crippen LogP contribution in [0.2, 0.25) is 0 Å². The van der Waals surface area contributed by atoms with Crippen LogP contribution in [-0.2, 0) is 22.5 Å². The highest BCUT2D eigenvalue weighted by Crippen LogP contribution is 2.31. The van der Waals surface area contributed by atoms with Crippen molar-refractivity contribution in [2.75, 3.05) is 20.3 Å². The number of hydrogen-bond donors (Lipinski definition) is 1. The lowest BCUT2D eigenvalue weighted by Gasteiger charge is -2.32. The molecule has 1 saturated heterocycles. The maximum atomic E-state index is 12.3. The van der Waals surface area contributed by atoms with Crippen molar-refractivity contribution in [2.24, 2.45) is 0 Å². The second kappa shape index (κ2) is 6.21. The molecule has 1 fully saturated rings. The molecule has 1 aromatic rings. The molecule has 1 aliphatic heterocycles. The maximum Gasteiger partial charge on any atom is 0.396 e. The molecule has 7 nitrogen and oxygen atoms in total. The van der Waals surface area contributed by atoms with Gasteiger partial charge in [-0.2, -0.15) is 18.2 Å². The summed E-state index contributed by atoms with van der Waals surface area (Å²) < 4.78 is 46.6. The van der Waals surface area contributed by atoms with E-state index in [9.17, 15) is 23.1 Å². The molecule has 1 unspecified atom stereocenters. The molecular formula is C12H16F3N3O4. The molecule has 0 amide bonds. The van der Waals surface area contributed by atoms with E-state index in [1.54, 1.807) is 4.90 Å². The van der Waals surface area contributed by atoms with Crippen LogP contribution < -0.4 is 0 Å². The summed E-state index contributed by atoms with van der Waals surface area (Å²) in [4.78, 5) is 16.8. The van der Waals surface area contributed by atoms with Gasteiger partial charge in [0, 0.05) is 7.11 Å². The summed E-state index contributed by atoms with van der Waals surface area (Å²) in [5, 5.41) is 12.7. The van der Waals surface area contributed by atoms with Gasteiger partial charge in [0.2, 0.25) is 5.89 Å². The lowest BCUT2D eigenvalue weighted by Crippen LogP contribution is -2.53. The van der Waals surface area contributed by atoms with Gasteiger partial charge < -0.3 is 14.4 Å². The zero-order valence-electron chi connectivity index (χ0n) is 11.9. The van der Waals surface area contributed by atoms with Crippen molar-refractivity contribution in [3.05, 3.63) is 11.7 Å². The third kappa shape index (κ3) is 3.55. The lowest BCUT2D eigenvalue weighted by molar-refractivity contribution is -0.154. The molecule has 10 heteroatoms. The number of nitrogens with zero attached hydrogens (tertiary/aromatic N) is 3. The van der Waals surface area contributed by atoms with Crippen LogP contribution in [0.3, 0.4) is 0 Å². The topological polar surface area (TPSA) is 88.7 Å². The van der Waals surface area contributed by atoms with Crippen LogP contribution in [0.15, 0.2) is 4.52 Å². The number of ether oxygens (including phenoxy) is 1. The Morgan fingerprint density at radius 2 is 2.27 bits per heavy atom. The highest BCUT2D eigenvalue weighted by atomic mass is 19.4. The number of likely N-dealkylation sites (tertiary alicyclic amines) is 1. The van der Waals surface area contributed by atoms with Crippen LogP contribution in [0.25, 0.3) is 0 Å². The van der Waals surface area contributed by atoms with E-state index in [-0.39, 0.29) is 19.0 Å². The molecule has 124 valence electrons. The third-order valence-corrected chi connectivity index (χ3v) is 3.60. The zero-order valence-corrected chi connectivity index (χ0v) is 11.9. The molecule has 22 heavy (non-hydrogen) atoms. The van der Waals surface area contributed by atoms with Crippen LogP contribution in [0.1, 0.15) is 24.6 Å². The predicted molar refractivity (Wildman–Crippen MR) is 65.9 cm³/mol. The fraction of sp³-hybridized carbons (Fsp3) is 0.750. The molecule has 0 radical (unpaired) electrons. The van der Waals surface area contributed by atoms with Crippen molar-refractivity contribution in [1.29, 1.82) is 0 Å². The molecule has 1 N–H and O–H groups in total. The van der Waals surface area contributed by atoms with Gasteiger partial charge in [-0.1, -0.05) is 5.16 Å². The fourth-order valence-corrected chi connectivity index (χ4v) is 2.64. The number of carbonyl (C=O) groups is 1. The number of methoxy groups -OCH3 is 1. The minimum absolute atomic E-state index is 0.0219. The average molecular weight is 323 g/mol. The van der Waals surface area contributed by atoms with Crippen molar-refractivity contribution in [3.8, 4) is 0 Å². The molecule has 0 bridgehead atoms. The number of aromatic nitrogens is 2. The average Bonchev–Trinajstić information content (AvgIpc) is 2.97. The normalized spacial score (nSPS) is 23.1. The van der Waals surface area contributed by atoms with Crippen molar-refractivity contribution in [2.45, 2.75) is 37.5 Å². The first-order chi connectivity index (χ1) is 10.3. The van der Waals surface area contributed by atoms with E-state index in [1.807, 2.05) is 0 Å². The van der Waals surface area contributed by atoms with E-state index < -0.39 is 29.9 Å². The van der Waals surface area contributed by atoms with Gasteiger partial charge in [0.25, 0.3) is 0 Å². The molecule has 2 heterocycles. The summed E-state index contributed by atoms with van der Waals surface area (Å²) in [5.41, 5.74) is -1.21. The number of rotatable bonds is 6. The van der Waals surface area contributed by atoms with Crippen molar-refractivity contribution < 1.29 is 32.3 Å². The van der Waals surface area contributed by atoms with Crippen LogP contribution >= 0.6 is 0 Å². The molecule has 0 spiro atoms. The fourth-order valence-electron chi connectivity index (χ4n) is 2.64. The lowest BCUT2D eigenvalue weighted by atomic mass is 9.97. The SMILES string of the molecule is COCC1(C(=O)O)CCCN1Cc1nc(CC(F)(F)F)no1. The number of halogens is 3. The Morgan fingerprint density at radius 1 is 1.55 bits per heavy atom. The Hall–Kier alpha value is -1.68. The summed E-state index contributed by atoms with van der Waals surface area (Å²) in [5.74, 6) is -1.54. The number of aliphatic carboxylic acids is 1. The number of hydrogen-bond acceptors (Lipinski definition) is 6. The Balaban J connectivity index is 2.10. The van der Waals surface area contributed by atoms with Crippen LogP contribution in [0.4, 0.5) is 13.2 Å². The Morgan fingerprint density at radius 3 is 2.86 bits per heavy atom. The summed E-state index contributed by atoms with van der Waals surface area (Å²) in [6.45, 7) is 0.416. The summed E-state index contributed by atoms with van der Waals surface area (Å²) in [6.07, 6.45) is -4.67. The first kappa shape index (κ1) is 16.7. The standard InChI is InChI=1S/C12H16F3N3O4/c1-21-7-11(10(19)20)3-2-4-18(11)6-9-16-8(17-22-9)5-12(13,14)15/h2-7H2,1H3,(H,19,20). The summed E-state index contributed by atoms with van der Waals surface area (Å²) in [7, 11) is 1.40.